The summed E-state index contributed by atoms with van der Waals surface area (Å²) in [7, 11) is 0. The molecule has 2 saturated heterocycles. The maximum absolute atomic E-state index is 6.21. The fourth-order valence-corrected chi connectivity index (χ4v) is 5.61. The summed E-state index contributed by atoms with van der Waals surface area (Å²) in [6.07, 6.45) is 5.65. The Hall–Kier alpha value is -4.12. The van der Waals surface area contributed by atoms with Crippen molar-refractivity contribution in [2.24, 2.45) is 0 Å². The van der Waals surface area contributed by atoms with Crippen LogP contribution in [0.5, 0.6) is 11.5 Å². The average Bonchev–Trinajstić information content (AvgIpc) is 3.94. The van der Waals surface area contributed by atoms with Gasteiger partial charge < -0.3 is 18.9 Å². The fraction of sp³-hybridized carbons (Fsp3) is 0.243. The Morgan fingerprint density at radius 2 is 1.02 bits per heavy atom. The minimum absolute atomic E-state index is 0.189. The molecule has 4 nitrogen and oxygen atoms in total. The molecule has 0 amide bonds. The van der Waals surface area contributed by atoms with Crippen LogP contribution in [0.4, 0.5) is 0 Å². The predicted molar refractivity (Wildman–Crippen MR) is 163 cm³/mol. The first-order valence-electron chi connectivity index (χ1n) is 14.3. The predicted octanol–water partition coefficient (Wildman–Crippen LogP) is 7.08. The lowest BCUT2D eigenvalue weighted by Crippen LogP contribution is -2.31. The topological polar surface area (TPSA) is 43.5 Å². The summed E-state index contributed by atoms with van der Waals surface area (Å²) in [6, 6.07) is 34.7. The maximum Gasteiger partial charge on any atom is 0.122 e. The molecule has 41 heavy (non-hydrogen) atoms. The van der Waals surface area contributed by atoms with E-state index in [1.807, 2.05) is 12.2 Å². The van der Waals surface area contributed by atoms with Gasteiger partial charge >= 0.3 is 0 Å². The van der Waals surface area contributed by atoms with Crippen molar-refractivity contribution in [1.29, 1.82) is 0 Å². The first kappa shape index (κ1) is 27.1. The summed E-state index contributed by atoms with van der Waals surface area (Å²) in [5, 5.41) is 0. The zero-order valence-electron chi connectivity index (χ0n) is 23.3. The van der Waals surface area contributed by atoms with Crippen molar-refractivity contribution in [3.05, 3.63) is 156 Å². The van der Waals surface area contributed by atoms with E-state index in [4.69, 9.17) is 18.9 Å². The second-order valence-corrected chi connectivity index (χ2v) is 10.6. The number of rotatable bonds is 14. The highest BCUT2D eigenvalue weighted by Crippen LogP contribution is 2.47. The molecule has 4 heteroatoms. The summed E-state index contributed by atoms with van der Waals surface area (Å²) in [6.45, 7) is 10.7. The minimum Gasteiger partial charge on any atom is -0.490 e. The molecule has 4 aromatic carbocycles. The van der Waals surface area contributed by atoms with Crippen LogP contribution in [0.1, 0.15) is 33.4 Å². The van der Waals surface area contributed by atoms with Crippen molar-refractivity contribution in [3.63, 3.8) is 0 Å². The van der Waals surface area contributed by atoms with Gasteiger partial charge in [0, 0.05) is 0 Å². The van der Waals surface area contributed by atoms with Crippen LogP contribution in [0.15, 0.2) is 122 Å². The van der Waals surface area contributed by atoms with Crippen LogP contribution in [0, 0.1) is 0 Å². The molecule has 2 unspecified atom stereocenters. The molecule has 2 fully saturated rings. The van der Waals surface area contributed by atoms with Crippen molar-refractivity contribution in [2.45, 2.75) is 30.5 Å². The van der Waals surface area contributed by atoms with Gasteiger partial charge in [0.15, 0.2) is 0 Å². The molecule has 6 rings (SSSR count). The summed E-state index contributed by atoms with van der Waals surface area (Å²) in [5.41, 5.74) is 6.29. The second kappa shape index (κ2) is 12.2. The number of hydrogen-bond donors (Lipinski definition) is 0. The largest absolute Gasteiger partial charge is 0.490 e. The molecule has 0 saturated carbocycles. The second-order valence-electron chi connectivity index (χ2n) is 10.6. The Labute approximate surface area is 242 Å². The van der Waals surface area contributed by atoms with E-state index >= 15 is 0 Å². The molecule has 0 spiro atoms. The molecule has 2 heterocycles. The Kier molecular flexibility index (Phi) is 8.04. The van der Waals surface area contributed by atoms with Gasteiger partial charge in [-0.1, -0.05) is 97.1 Å². The SMILES string of the molecule is C=CCc1cc(C(c2ccccc2)(c2ccccc2)c2ccc(OCC3CO3)c(CC=C)c2)ccc1OCC1CO1. The van der Waals surface area contributed by atoms with Gasteiger partial charge in [-0.05, 0) is 58.4 Å². The third-order valence-corrected chi connectivity index (χ3v) is 7.78. The fourth-order valence-electron chi connectivity index (χ4n) is 5.61. The quantitative estimate of drug-likeness (QED) is 0.0967. The molecule has 0 bridgehead atoms. The molecule has 2 aliphatic heterocycles. The van der Waals surface area contributed by atoms with E-state index in [9.17, 15) is 0 Å². The smallest absolute Gasteiger partial charge is 0.122 e. The highest BCUT2D eigenvalue weighted by atomic mass is 16.6. The molecular formula is C37H36O4. The van der Waals surface area contributed by atoms with Gasteiger partial charge in [-0.15, -0.1) is 13.2 Å². The highest BCUT2D eigenvalue weighted by molar-refractivity contribution is 5.62. The lowest BCUT2D eigenvalue weighted by Gasteiger charge is -2.37. The van der Waals surface area contributed by atoms with Crippen LogP contribution >= 0.6 is 0 Å². The Morgan fingerprint density at radius 1 is 0.610 bits per heavy atom. The molecule has 0 aliphatic carbocycles. The standard InChI is InChI=1S/C37H36O4/c1-3-11-27-21-31(17-19-35(27)40-25-33-23-38-33)37(29-13-7-5-8-14-29,30-15-9-6-10-16-30)32-18-20-36(28(22-32)12-4-2)41-26-34-24-39-34/h3-10,13-22,33-34H,1-2,11-12,23-26H2. The molecule has 0 radical (unpaired) electrons. The van der Waals surface area contributed by atoms with Crippen molar-refractivity contribution >= 4 is 0 Å². The monoisotopic (exact) mass is 544 g/mol. The van der Waals surface area contributed by atoms with Crippen LogP contribution in [0.25, 0.3) is 0 Å². The normalized spacial score (nSPS) is 17.5. The van der Waals surface area contributed by atoms with Gasteiger partial charge in [-0.3, -0.25) is 0 Å². The lowest BCUT2D eigenvalue weighted by atomic mass is 9.64. The van der Waals surface area contributed by atoms with E-state index in [1.54, 1.807) is 0 Å². The number of hydrogen-bond acceptors (Lipinski definition) is 4. The van der Waals surface area contributed by atoms with Crippen molar-refractivity contribution in [3.8, 4) is 11.5 Å². The van der Waals surface area contributed by atoms with Gasteiger partial charge in [-0.25, -0.2) is 0 Å². The van der Waals surface area contributed by atoms with E-state index in [1.165, 1.54) is 11.1 Å². The van der Waals surface area contributed by atoms with Gasteiger partial charge in [0.2, 0.25) is 0 Å². The van der Waals surface area contributed by atoms with Gasteiger partial charge in [0.05, 0.1) is 18.6 Å². The van der Waals surface area contributed by atoms with Crippen LogP contribution < -0.4 is 9.47 Å². The molecule has 208 valence electrons. The Bertz CT molecular complexity index is 1370. The third-order valence-electron chi connectivity index (χ3n) is 7.78. The number of benzene rings is 4. The van der Waals surface area contributed by atoms with Crippen LogP contribution in [0.3, 0.4) is 0 Å². The lowest BCUT2D eigenvalue weighted by molar-refractivity contribution is 0.261. The molecule has 2 aliphatic rings. The zero-order chi connectivity index (χ0) is 28.1. The molecule has 4 aromatic rings. The molecule has 0 aromatic heterocycles. The first-order valence-corrected chi connectivity index (χ1v) is 14.3. The van der Waals surface area contributed by atoms with Crippen LogP contribution in [-0.4, -0.2) is 38.6 Å². The number of allylic oxidation sites excluding steroid dienone is 2. The van der Waals surface area contributed by atoms with E-state index in [0.29, 0.717) is 26.1 Å². The first-order chi connectivity index (χ1) is 20.2. The summed E-state index contributed by atoms with van der Waals surface area (Å²) >= 11 is 0. The Morgan fingerprint density at radius 3 is 1.39 bits per heavy atom. The Balaban J connectivity index is 1.56. The molecular weight excluding hydrogens is 508 g/mol. The average molecular weight is 545 g/mol. The van der Waals surface area contributed by atoms with Crippen LogP contribution in [0.2, 0.25) is 0 Å². The van der Waals surface area contributed by atoms with Gasteiger partial charge in [0.1, 0.15) is 36.9 Å². The van der Waals surface area contributed by atoms with Gasteiger partial charge in [0.25, 0.3) is 0 Å². The van der Waals surface area contributed by atoms with E-state index in [-0.39, 0.29) is 12.2 Å². The number of ether oxygens (including phenoxy) is 4. The van der Waals surface area contributed by atoms with Crippen molar-refractivity contribution in [1.82, 2.24) is 0 Å². The van der Waals surface area contributed by atoms with Gasteiger partial charge in [-0.2, -0.15) is 0 Å². The number of epoxide rings is 2. The van der Waals surface area contributed by atoms with Crippen molar-refractivity contribution < 1.29 is 18.9 Å². The zero-order valence-corrected chi connectivity index (χ0v) is 23.3. The van der Waals surface area contributed by atoms with E-state index in [2.05, 4.69) is 110 Å². The maximum atomic E-state index is 6.21. The summed E-state index contributed by atoms with van der Waals surface area (Å²) in [5.74, 6) is 1.75. The van der Waals surface area contributed by atoms with E-state index < -0.39 is 5.41 Å². The summed E-state index contributed by atoms with van der Waals surface area (Å²) < 4.78 is 23.2. The van der Waals surface area contributed by atoms with Crippen LogP contribution in [-0.2, 0) is 27.7 Å². The summed E-state index contributed by atoms with van der Waals surface area (Å²) in [4.78, 5) is 0. The highest BCUT2D eigenvalue weighted by Gasteiger charge is 2.39. The van der Waals surface area contributed by atoms with Crippen molar-refractivity contribution in [2.75, 3.05) is 26.4 Å². The van der Waals surface area contributed by atoms with E-state index in [0.717, 1.165) is 47.0 Å². The molecule has 0 N–H and O–H groups in total. The molecule has 2 atom stereocenters. The third kappa shape index (κ3) is 5.85. The minimum atomic E-state index is -0.593.